The Bertz CT molecular complexity index is 417. The summed E-state index contributed by atoms with van der Waals surface area (Å²) in [5.41, 5.74) is 7.55. The van der Waals surface area contributed by atoms with Crippen LogP contribution in [0, 0.1) is 17.7 Å². The zero-order valence-corrected chi connectivity index (χ0v) is 12.0. The van der Waals surface area contributed by atoms with Crippen LogP contribution in [0.3, 0.4) is 0 Å². The van der Waals surface area contributed by atoms with Gasteiger partial charge in [-0.25, -0.2) is 4.39 Å². The fourth-order valence-corrected chi connectivity index (χ4v) is 2.96. The minimum Gasteiger partial charge on any atom is -0.398 e. The Morgan fingerprint density at radius 3 is 2.84 bits per heavy atom. The van der Waals surface area contributed by atoms with Crippen LogP contribution in [0.1, 0.15) is 38.7 Å². The van der Waals surface area contributed by atoms with Crippen LogP contribution >= 0.6 is 0 Å². The third-order valence-electron chi connectivity index (χ3n) is 4.31. The molecule has 3 heteroatoms. The van der Waals surface area contributed by atoms with Crippen molar-refractivity contribution in [3.05, 3.63) is 29.6 Å². The second kappa shape index (κ2) is 6.38. The van der Waals surface area contributed by atoms with E-state index in [2.05, 4.69) is 18.7 Å². The highest BCUT2D eigenvalue weighted by atomic mass is 19.1. The van der Waals surface area contributed by atoms with E-state index in [1.165, 1.54) is 25.3 Å². The largest absolute Gasteiger partial charge is 0.398 e. The van der Waals surface area contributed by atoms with Crippen LogP contribution < -0.4 is 5.73 Å². The molecule has 0 aromatic heterocycles. The topological polar surface area (TPSA) is 29.3 Å². The van der Waals surface area contributed by atoms with E-state index in [1.807, 2.05) is 0 Å². The Morgan fingerprint density at radius 1 is 1.32 bits per heavy atom. The van der Waals surface area contributed by atoms with Crippen molar-refractivity contribution in [3.8, 4) is 0 Å². The fourth-order valence-electron chi connectivity index (χ4n) is 2.96. The van der Waals surface area contributed by atoms with Gasteiger partial charge in [0.05, 0.1) is 0 Å². The van der Waals surface area contributed by atoms with E-state index in [1.54, 1.807) is 12.1 Å². The van der Waals surface area contributed by atoms with Crippen molar-refractivity contribution in [2.45, 2.75) is 39.7 Å². The summed E-state index contributed by atoms with van der Waals surface area (Å²) in [5, 5.41) is 0. The van der Waals surface area contributed by atoms with Crippen LogP contribution in [0.5, 0.6) is 0 Å². The first-order chi connectivity index (χ1) is 9.06. The van der Waals surface area contributed by atoms with Gasteiger partial charge in [-0.3, -0.25) is 4.90 Å². The first kappa shape index (κ1) is 14.3. The monoisotopic (exact) mass is 264 g/mol. The van der Waals surface area contributed by atoms with Crippen molar-refractivity contribution in [1.82, 2.24) is 4.90 Å². The summed E-state index contributed by atoms with van der Waals surface area (Å²) in [7, 11) is 0. The minimum absolute atomic E-state index is 0.195. The Hall–Kier alpha value is -1.09. The number of rotatable bonds is 3. The van der Waals surface area contributed by atoms with Gasteiger partial charge in [0.25, 0.3) is 0 Å². The molecule has 0 radical (unpaired) electrons. The molecule has 0 saturated carbocycles. The van der Waals surface area contributed by atoms with E-state index >= 15 is 0 Å². The molecule has 2 rings (SSSR count). The molecule has 0 aliphatic carbocycles. The molecule has 0 bridgehead atoms. The molecule has 1 unspecified atom stereocenters. The SMILES string of the molecule is CC(C)C1CCCN(Cc2cc(F)ccc2N)CC1. The van der Waals surface area contributed by atoms with Gasteiger partial charge in [0.15, 0.2) is 0 Å². The highest BCUT2D eigenvalue weighted by Crippen LogP contribution is 2.26. The third kappa shape index (κ3) is 3.93. The molecule has 2 N–H and O–H groups in total. The minimum atomic E-state index is -0.195. The van der Waals surface area contributed by atoms with Crippen LogP contribution in [0.15, 0.2) is 18.2 Å². The summed E-state index contributed by atoms with van der Waals surface area (Å²) in [6.45, 7) is 7.59. The number of nitrogens with two attached hydrogens (primary N) is 1. The van der Waals surface area contributed by atoms with Gasteiger partial charge in [-0.1, -0.05) is 13.8 Å². The van der Waals surface area contributed by atoms with Crippen LogP contribution in [0.4, 0.5) is 10.1 Å². The van der Waals surface area contributed by atoms with E-state index in [0.717, 1.165) is 37.0 Å². The lowest BCUT2D eigenvalue weighted by molar-refractivity contribution is 0.265. The van der Waals surface area contributed by atoms with Crippen molar-refractivity contribution in [1.29, 1.82) is 0 Å². The molecule has 2 nitrogen and oxygen atoms in total. The lowest BCUT2D eigenvalue weighted by atomic mass is 9.89. The zero-order valence-electron chi connectivity index (χ0n) is 12.0. The molecular weight excluding hydrogens is 239 g/mol. The molecule has 1 aromatic rings. The summed E-state index contributed by atoms with van der Waals surface area (Å²) < 4.78 is 13.3. The lowest BCUT2D eigenvalue weighted by Gasteiger charge is -2.22. The molecule has 1 aliphatic rings. The van der Waals surface area contributed by atoms with Gasteiger partial charge in [-0.2, -0.15) is 0 Å². The Kier molecular flexibility index (Phi) is 4.81. The maximum absolute atomic E-state index is 13.3. The van der Waals surface area contributed by atoms with Gasteiger partial charge in [-0.05, 0) is 68.0 Å². The van der Waals surface area contributed by atoms with Crippen molar-refractivity contribution in [2.24, 2.45) is 11.8 Å². The third-order valence-corrected chi connectivity index (χ3v) is 4.31. The second-order valence-corrected chi connectivity index (χ2v) is 6.05. The van der Waals surface area contributed by atoms with E-state index in [9.17, 15) is 4.39 Å². The Morgan fingerprint density at radius 2 is 2.11 bits per heavy atom. The molecule has 1 aromatic carbocycles. The van der Waals surface area contributed by atoms with E-state index in [-0.39, 0.29) is 5.82 Å². The lowest BCUT2D eigenvalue weighted by Crippen LogP contribution is -2.25. The Labute approximate surface area is 115 Å². The predicted octanol–water partition coefficient (Wildman–Crippen LogP) is 3.67. The van der Waals surface area contributed by atoms with Crippen LogP contribution in [-0.2, 0) is 6.54 Å². The zero-order chi connectivity index (χ0) is 13.8. The molecular formula is C16H25FN2. The van der Waals surface area contributed by atoms with Crippen LogP contribution in [-0.4, -0.2) is 18.0 Å². The van der Waals surface area contributed by atoms with Gasteiger partial charge in [0.1, 0.15) is 5.82 Å². The quantitative estimate of drug-likeness (QED) is 0.844. The maximum Gasteiger partial charge on any atom is 0.123 e. The highest BCUT2D eigenvalue weighted by Gasteiger charge is 2.19. The first-order valence-corrected chi connectivity index (χ1v) is 7.32. The average molecular weight is 264 g/mol. The van der Waals surface area contributed by atoms with Gasteiger partial charge in [0.2, 0.25) is 0 Å². The fraction of sp³-hybridized carbons (Fsp3) is 0.625. The summed E-state index contributed by atoms with van der Waals surface area (Å²) >= 11 is 0. The first-order valence-electron chi connectivity index (χ1n) is 7.32. The summed E-state index contributed by atoms with van der Waals surface area (Å²) in [6.07, 6.45) is 3.79. The number of halogens is 1. The van der Waals surface area contributed by atoms with Gasteiger partial charge < -0.3 is 5.73 Å². The molecule has 1 heterocycles. The molecule has 0 amide bonds. The van der Waals surface area contributed by atoms with E-state index < -0.39 is 0 Å². The van der Waals surface area contributed by atoms with Crippen molar-refractivity contribution < 1.29 is 4.39 Å². The molecule has 1 atom stereocenters. The molecule has 0 spiro atoms. The van der Waals surface area contributed by atoms with E-state index in [0.29, 0.717) is 5.69 Å². The summed E-state index contributed by atoms with van der Waals surface area (Å²) in [4.78, 5) is 2.41. The molecule has 1 aliphatic heterocycles. The van der Waals surface area contributed by atoms with Gasteiger partial charge in [-0.15, -0.1) is 0 Å². The number of nitrogen functional groups attached to an aromatic ring is 1. The standard InChI is InChI=1S/C16H25FN2/c1-12(2)13-4-3-8-19(9-7-13)11-14-10-15(17)5-6-16(14)18/h5-6,10,12-13H,3-4,7-9,11,18H2,1-2H3. The Balaban J connectivity index is 1.98. The smallest absolute Gasteiger partial charge is 0.123 e. The van der Waals surface area contributed by atoms with Gasteiger partial charge in [0, 0.05) is 12.2 Å². The molecule has 106 valence electrons. The number of nitrogens with zero attached hydrogens (tertiary/aromatic N) is 1. The maximum atomic E-state index is 13.3. The number of likely N-dealkylation sites (tertiary alicyclic amines) is 1. The number of hydrogen-bond donors (Lipinski definition) is 1. The van der Waals surface area contributed by atoms with Gasteiger partial charge >= 0.3 is 0 Å². The summed E-state index contributed by atoms with van der Waals surface area (Å²) in [5.74, 6) is 1.40. The van der Waals surface area contributed by atoms with Crippen molar-refractivity contribution in [2.75, 3.05) is 18.8 Å². The van der Waals surface area contributed by atoms with Crippen molar-refractivity contribution in [3.63, 3.8) is 0 Å². The highest BCUT2D eigenvalue weighted by molar-refractivity contribution is 5.46. The second-order valence-electron chi connectivity index (χ2n) is 6.05. The number of anilines is 1. The van der Waals surface area contributed by atoms with Crippen LogP contribution in [0.2, 0.25) is 0 Å². The number of hydrogen-bond acceptors (Lipinski definition) is 2. The van der Waals surface area contributed by atoms with Crippen molar-refractivity contribution >= 4 is 5.69 Å². The summed E-state index contributed by atoms with van der Waals surface area (Å²) in [6, 6.07) is 4.66. The average Bonchev–Trinajstić information content (AvgIpc) is 2.59. The molecule has 19 heavy (non-hydrogen) atoms. The molecule has 1 fully saturated rings. The van der Waals surface area contributed by atoms with Crippen LogP contribution in [0.25, 0.3) is 0 Å². The normalized spacial score (nSPS) is 21.6. The molecule has 1 saturated heterocycles. The van der Waals surface area contributed by atoms with E-state index in [4.69, 9.17) is 5.73 Å². The number of benzene rings is 1. The predicted molar refractivity (Wildman–Crippen MR) is 78.3 cm³/mol.